The third kappa shape index (κ3) is 5.74. The van der Waals surface area contributed by atoms with Gasteiger partial charge >= 0.3 is 0 Å². The van der Waals surface area contributed by atoms with Crippen LogP contribution < -0.4 is 19.5 Å². The van der Waals surface area contributed by atoms with Gasteiger partial charge in [-0.05, 0) is 73.2 Å². The number of benzene rings is 3. The maximum Gasteiger partial charge on any atom is 0.262 e. The Bertz CT molecular complexity index is 1110. The molecule has 3 aromatic carbocycles. The molecule has 30 heavy (non-hydrogen) atoms. The summed E-state index contributed by atoms with van der Waals surface area (Å²) in [5.41, 5.74) is 2.15. The van der Waals surface area contributed by atoms with Gasteiger partial charge in [0.2, 0.25) is 0 Å². The standard InChI is InChI=1S/C22H22N2O5S/c1-16-4-3-5-18(14-16)23-22(25)15-29-20-10-12-21(13-11-20)30(26,27)24-17-6-8-19(28-2)9-7-17/h3-14,24H,15H2,1-2H3,(H,23,25). The summed E-state index contributed by atoms with van der Waals surface area (Å²) >= 11 is 0. The van der Waals surface area contributed by atoms with Crippen LogP contribution in [0.3, 0.4) is 0 Å². The van der Waals surface area contributed by atoms with Gasteiger partial charge in [0.15, 0.2) is 6.61 Å². The second-order valence-electron chi connectivity index (χ2n) is 6.51. The molecule has 0 saturated heterocycles. The third-order valence-corrected chi connectivity index (χ3v) is 5.55. The molecular formula is C22H22N2O5S. The Morgan fingerprint density at radius 3 is 2.20 bits per heavy atom. The second-order valence-corrected chi connectivity index (χ2v) is 8.19. The molecule has 8 heteroatoms. The van der Waals surface area contributed by atoms with E-state index in [1.165, 1.54) is 31.4 Å². The van der Waals surface area contributed by atoms with E-state index < -0.39 is 10.0 Å². The summed E-state index contributed by atoms with van der Waals surface area (Å²) in [6.45, 7) is 1.75. The van der Waals surface area contributed by atoms with Crippen LogP contribution >= 0.6 is 0 Å². The summed E-state index contributed by atoms with van der Waals surface area (Å²) in [6, 6.07) is 19.8. The molecule has 0 atom stereocenters. The van der Waals surface area contributed by atoms with Crippen molar-refractivity contribution in [1.82, 2.24) is 0 Å². The molecule has 0 aromatic heterocycles. The molecule has 3 rings (SSSR count). The number of aryl methyl sites for hydroxylation is 1. The number of nitrogens with one attached hydrogen (secondary N) is 2. The Balaban J connectivity index is 1.57. The first-order chi connectivity index (χ1) is 14.4. The van der Waals surface area contributed by atoms with E-state index in [1.54, 1.807) is 30.3 Å². The van der Waals surface area contributed by atoms with E-state index >= 15 is 0 Å². The van der Waals surface area contributed by atoms with E-state index in [0.29, 0.717) is 22.9 Å². The summed E-state index contributed by atoms with van der Waals surface area (Å²) in [5, 5.41) is 2.75. The first kappa shape index (κ1) is 21.2. The Morgan fingerprint density at radius 2 is 1.57 bits per heavy atom. The summed E-state index contributed by atoms with van der Waals surface area (Å²) in [7, 11) is -2.21. The average Bonchev–Trinajstić information content (AvgIpc) is 2.73. The number of anilines is 2. The zero-order chi connectivity index (χ0) is 21.6. The maximum atomic E-state index is 12.5. The van der Waals surface area contributed by atoms with E-state index in [-0.39, 0.29) is 17.4 Å². The minimum Gasteiger partial charge on any atom is -0.497 e. The monoisotopic (exact) mass is 426 g/mol. The number of sulfonamides is 1. The first-order valence-electron chi connectivity index (χ1n) is 9.12. The molecule has 2 N–H and O–H groups in total. The van der Waals surface area contributed by atoms with Crippen molar-refractivity contribution in [3.05, 3.63) is 78.4 Å². The van der Waals surface area contributed by atoms with Crippen molar-refractivity contribution in [2.24, 2.45) is 0 Å². The van der Waals surface area contributed by atoms with Crippen LogP contribution in [0.4, 0.5) is 11.4 Å². The molecule has 156 valence electrons. The van der Waals surface area contributed by atoms with Gasteiger partial charge in [0.1, 0.15) is 11.5 Å². The molecular weight excluding hydrogens is 404 g/mol. The van der Waals surface area contributed by atoms with Crippen LogP contribution in [0.2, 0.25) is 0 Å². The van der Waals surface area contributed by atoms with E-state index in [2.05, 4.69) is 10.0 Å². The maximum absolute atomic E-state index is 12.5. The largest absolute Gasteiger partial charge is 0.497 e. The highest BCUT2D eigenvalue weighted by atomic mass is 32.2. The van der Waals surface area contributed by atoms with Gasteiger partial charge in [-0.15, -0.1) is 0 Å². The summed E-state index contributed by atoms with van der Waals surface area (Å²) in [6.07, 6.45) is 0. The summed E-state index contributed by atoms with van der Waals surface area (Å²) < 4.78 is 38.0. The minimum atomic E-state index is -3.75. The highest BCUT2D eigenvalue weighted by Gasteiger charge is 2.14. The zero-order valence-corrected chi connectivity index (χ0v) is 17.4. The number of hydrogen-bond donors (Lipinski definition) is 2. The van der Waals surface area contributed by atoms with Gasteiger partial charge < -0.3 is 14.8 Å². The topological polar surface area (TPSA) is 93.7 Å². The van der Waals surface area contributed by atoms with Gasteiger partial charge in [-0.3, -0.25) is 9.52 Å². The highest BCUT2D eigenvalue weighted by molar-refractivity contribution is 7.92. The molecule has 0 bridgehead atoms. The average molecular weight is 426 g/mol. The fourth-order valence-electron chi connectivity index (χ4n) is 2.66. The van der Waals surface area contributed by atoms with Crippen LogP contribution in [0.25, 0.3) is 0 Å². The number of hydrogen-bond acceptors (Lipinski definition) is 5. The predicted molar refractivity (Wildman–Crippen MR) is 116 cm³/mol. The molecule has 0 unspecified atom stereocenters. The number of methoxy groups -OCH3 is 1. The van der Waals surface area contributed by atoms with Gasteiger partial charge in [-0.1, -0.05) is 12.1 Å². The normalized spacial score (nSPS) is 10.9. The van der Waals surface area contributed by atoms with Crippen molar-refractivity contribution in [3.63, 3.8) is 0 Å². The summed E-state index contributed by atoms with van der Waals surface area (Å²) in [4.78, 5) is 12.1. The van der Waals surface area contributed by atoms with E-state index in [1.807, 2.05) is 25.1 Å². The van der Waals surface area contributed by atoms with Gasteiger partial charge in [-0.2, -0.15) is 0 Å². The third-order valence-electron chi connectivity index (χ3n) is 4.15. The summed E-state index contributed by atoms with van der Waals surface area (Å²) in [5.74, 6) is 0.710. The van der Waals surface area contributed by atoms with E-state index in [9.17, 15) is 13.2 Å². The predicted octanol–water partition coefficient (Wildman–Crippen LogP) is 3.82. The molecule has 0 aliphatic rings. The zero-order valence-electron chi connectivity index (χ0n) is 16.6. The van der Waals surface area contributed by atoms with Crippen molar-refractivity contribution in [3.8, 4) is 11.5 Å². The van der Waals surface area contributed by atoms with E-state index in [4.69, 9.17) is 9.47 Å². The van der Waals surface area contributed by atoms with Gasteiger partial charge in [0.05, 0.1) is 12.0 Å². The fraction of sp³-hybridized carbons (Fsp3) is 0.136. The van der Waals surface area contributed by atoms with Crippen LogP contribution in [0.15, 0.2) is 77.7 Å². The Morgan fingerprint density at radius 1 is 0.900 bits per heavy atom. The molecule has 0 aliphatic carbocycles. The van der Waals surface area contributed by atoms with Crippen LogP contribution in [0.5, 0.6) is 11.5 Å². The fourth-order valence-corrected chi connectivity index (χ4v) is 3.72. The molecule has 0 radical (unpaired) electrons. The molecule has 0 spiro atoms. The van der Waals surface area contributed by atoms with Crippen LogP contribution in [-0.2, 0) is 14.8 Å². The lowest BCUT2D eigenvalue weighted by atomic mass is 10.2. The van der Waals surface area contributed by atoms with Gasteiger partial charge in [0, 0.05) is 11.4 Å². The van der Waals surface area contributed by atoms with Crippen molar-refractivity contribution >= 4 is 27.3 Å². The number of rotatable bonds is 8. The van der Waals surface area contributed by atoms with Crippen LogP contribution in [0.1, 0.15) is 5.56 Å². The molecule has 0 heterocycles. The van der Waals surface area contributed by atoms with Crippen molar-refractivity contribution in [1.29, 1.82) is 0 Å². The minimum absolute atomic E-state index is 0.0786. The smallest absolute Gasteiger partial charge is 0.262 e. The molecule has 0 fully saturated rings. The SMILES string of the molecule is COc1ccc(NS(=O)(=O)c2ccc(OCC(=O)Nc3cccc(C)c3)cc2)cc1. The Kier molecular flexibility index (Phi) is 6.58. The Hall–Kier alpha value is -3.52. The second kappa shape index (κ2) is 9.32. The molecule has 3 aromatic rings. The van der Waals surface area contributed by atoms with Crippen molar-refractivity contribution in [2.45, 2.75) is 11.8 Å². The van der Waals surface area contributed by atoms with Gasteiger partial charge in [-0.25, -0.2) is 8.42 Å². The van der Waals surface area contributed by atoms with Crippen LogP contribution in [0, 0.1) is 6.92 Å². The molecule has 0 aliphatic heterocycles. The lowest BCUT2D eigenvalue weighted by Crippen LogP contribution is -2.20. The number of carbonyl (C=O) groups excluding carboxylic acids is 1. The number of ether oxygens (including phenoxy) is 2. The molecule has 7 nitrogen and oxygen atoms in total. The number of carbonyl (C=O) groups is 1. The molecule has 1 amide bonds. The quantitative estimate of drug-likeness (QED) is 0.571. The molecule has 0 saturated carbocycles. The van der Waals surface area contributed by atoms with Crippen molar-refractivity contribution < 1.29 is 22.7 Å². The van der Waals surface area contributed by atoms with E-state index in [0.717, 1.165) is 5.56 Å². The lowest BCUT2D eigenvalue weighted by Gasteiger charge is -2.10. The van der Waals surface area contributed by atoms with Crippen LogP contribution in [-0.4, -0.2) is 28.0 Å². The first-order valence-corrected chi connectivity index (χ1v) is 10.6. The lowest BCUT2D eigenvalue weighted by molar-refractivity contribution is -0.118. The highest BCUT2D eigenvalue weighted by Crippen LogP contribution is 2.21. The number of amides is 1. The van der Waals surface area contributed by atoms with Gasteiger partial charge in [0.25, 0.3) is 15.9 Å². The van der Waals surface area contributed by atoms with Crippen molar-refractivity contribution in [2.75, 3.05) is 23.8 Å². The Labute approximate surface area is 175 Å².